The lowest BCUT2D eigenvalue weighted by Gasteiger charge is -2.58. The van der Waals surface area contributed by atoms with Crippen molar-refractivity contribution >= 4 is 23.0 Å². The van der Waals surface area contributed by atoms with Crippen molar-refractivity contribution in [3.63, 3.8) is 0 Å². The van der Waals surface area contributed by atoms with Crippen LogP contribution < -0.4 is 9.80 Å². The van der Waals surface area contributed by atoms with Crippen LogP contribution in [0.15, 0.2) is 73.4 Å². The third-order valence-electron chi connectivity index (χ3n) is 8.00. The molecular formula is C28H32N4. The fourth-order valence-electron chi connectivity index (χ4n) is 6.10. The van der Waals surface area contributed by atoms with Crippen molar-refractivity contribution in [2.75, 3.05) is 9.80 Å². The zero-order chi connectivity index (χ0) is 22.5. The van der Waals surface area contributed by atoms with E-state index in [0.29, 0.717) is 0 Å². The second-order valence-electron chi connectivity index (χ2n) is 9.13. The molecule has 0 fully saturated rings. The van der Waals surface area contributed by atoms with Gasteiger partial charge >= 0.3 is 0 Å². The molecule has 5 rings (SSSR count). The molecule has 3 heterocycles. The first-order valence-electron chi connectivity index (χ1n) is 11.8. The molecule has 4 heteroatoms. The minimum Gasteiger partial charge on any atom is -0.301 e. The number of hydrogen-bond acceptors (Lipinski definition) is 4. The minimum atomic E-state index is -0.165. The van der Waals surface area contributed by atoms with Crippen LogP contribution in [0.3, 0.4) is 0 Å². The summed E-state index contributed by atoms with van der Waals surface area (Å²) in [6, 6.07) is 19.5. The molecule has 0 saturated heterocycles. The van der Waals surface area contributed by atoms with E-state index in [2.05, 4.69) is 105 Å². The van der Waals surface area contributed by atoms with Gasteiger partial charge in [0, 0.05) is 22.2 Å². The highest BCUT2D eigenvalue weighted by Gasteiger charge is 2.61. The van der Waals surface area contributed by atoms with Crippen LogP contribution in [-0.4, -0.2) is 16.1 Å². The van der Waals surface area contributed by atoms with Crippen LogP contribution in [0.5, 0.6) is 0 Å². The van der Waals surface area contributed by atoms with Gasteiger partial charge in [-0.3, -0.25) is 0 Å². The average molecular weight is 425 g/mol. The molecule has 3 aromatic rings. The number of allylic oxidation sites excluding steroid dienone is 1. The highest BCUT2D eigenvalue weighted by Crippen LogP contribution is 2.64. The third kappa shape index (κ3) is 2.49. The lowest BCUT2D eigenvalue weighted by Crippen LogP contribution is -2.62. The monoisotopic (exact) mass is 424 g/mol. The average Bonchev–Trinajstić information content (AvgIpc) is 3.20. The van der Waals surface area contributed by atoms with E-state index in [4.69, 9.17) is 9.97 Å². The number of aromatic nitrogens is 2. The maximum absolute atomic E-state index is 5.13. The van der Waals surface area contributed by atoms with Crippen molar-refractivity contribution in [2.45, 2.75) is 58.5 Å². The van der Waals surface area contributed by atoms with E-state index in [1.54, 1.807) is 0 Å². The van der Waals surface area contributed by atoms with Gasteiger partial charge in [-0.2, -0.15) is 0 Å². The van der Waals surface area contributed by atoms with Gasteiger partial charge in [0.25, 0.3) is 0 Å². The molecule has 0 N–H and O–H groups in total. The molecule has 4 nitrogen and oxygen atoms in total. The summed E-state index contributed by atoms with van der Waals surface area (Å²) in [6.07, 6.45) is 7.04. The molecule has 32 heavy (non-hydrogen) atoms. The number of anilines is 4. The quantitative estimate of drug-likeness (QED) is 0.416. The van der Waals surface area contributed by atoms with Crippen LogP contribution in [0, 0.1) is 5.41 Å². The summed E-state index contributed by atoms with van der Waals surface area (Å²) < 4.78 is 0. The van der Waals surface area contributed by atoms with E-state index in [1.165, 1.54) is 11.3 Å². The number of nitrogens with zero attached hydrogens (tertiary/aromatic N) is 4. The molecule has 0 saturated carbocycles. The van der Waals surface area contributed by atoms with E-state index < -0.39 is 0 Å². The zero-order valence-corrected chi connectivity index (χ0v) is 19.5. The van der Waals surface area contributed by atoms with Crippen LogP contribution in [0.25, 0.3) is 0 Å². The van der Waals surface area contributed by atoms with Crippen LogP contribution in [0.1, 0.15) is 51.8 Å². The van der Waals surface area contributed by atoms with E-state index >= 15 is 0 Å². The fraction of sp³-hybridized carbons (Fsp3) is 0.357. The van der Waals surface area contributed by atoms with Crippen LogP contribution in [0.4, 0.5) is 23.0 Å². The van der Waals surface area contributed by atoms with E-state index in [9.17, 15) is 0 Å². The minimum absolute atomic E-state index is 0.0462. The number of rotatable bonds is 5. The van der Waals surface area contributed by atoms with Crippen molar-refractivity contribution in [1.82, 2.24) is 9.97 Å². The fourth-order valence-corrected chi connectivity index (χ4v) is 6.10. The molecule has 0 amide bonds. The topological polar surface area (TPSA) is 32.3 Å². The normalized spacial score (nSPS) is 25.8. The maximum Gasteiger partial charge on any atom is 0.178 e. The molecule has 3 unspecified atom stereocenters. The molecule has 2 aromatic carbocycles. The number of benzene rings is 2. The van der Waals surface area contributed by atoms with Gasteiger partial charge in [-0.15, -0.1) is 6.58 Å². The molecule has 0 radical (unpaired) electrons. The standard InChI is InChI=1S/C28H32N4/c1-6-20-19-29-24-25(30-20)32-23-18-14-13-17-22(23)28(8-3,9-4)27(5,7-2)26(32)31(24)21-15-11-10-12-16-21/h8,10-19,26H,3,6-7,9H2,1-2,4-5H3. The molecule has 1 aromatic heterocycles. The second kappa shape index (κ2) is 7.47. The first-order valence-corrected chi connectivity index (χ1v) is 11.8. The van der Waals surface area contributed by atoms with Gasteiger partial charge < -0.3 is 9.80 Å². The maximum atomic E-state index is 5.13. The molecule has 2 aliphatic rings. The number of fused-ring (bicyclic) bond motifs is 5. The van der Waals surface area contributed by atoms with Gasteiger partial charge in [0.05, 0.1) is 11.9 Å². The highest BCUT2D eigenvalue weighted by molar-refractivity contribution is 5.87. The molecule has 0 bridgehead atoms. The Morgan fingerprint density at radius 1 is 0.938 bits per heavy atom. The van der Waals surface area contributed by atoms with Gasteiger partial charge in [-0.05, 0) is 43.0 Å². The van der Waals surface area contributed by atoms with Crippen LogP contribution >= 0.6 is 0 Å². The number of hydrogen-bond donors (Lipinski definition) is 0. The van der Waals surface area contributed by atoms with Crippen molar-refractivity contribution in [2.24, 2.45) is 5.41 Å². The van der Waals surface area contributed by atoms with Gasteiger partial charge in [-0.25, -0.2) is 9.97 Å². The summed E-state index contributed by atoms with van der Waals surface area (Å²) in [4.78, 5) is 15.0. The zero-order valence-electron chi connectivity index (χ0n) is 19.5. The molecule has 164 valence electrons. The molecule has 2 aliphatic heterocycles. The Balaban J connectivity index is 1.89. The molecule has 0 aliphatic carbocycles. The highest BCUT2D eigenvalue weighted by atomic mass is 15.5. The molecular weight excluding hydrogens is 392 g/mol. The Morgan fingerprint density at radius 3 is 2.31 bits per heavy atom. The SMILES string of the molecule is C=CC1(CC)c2ccccc2N2c3nc(CC)cnc3N(c3ccccc3)C2C1(C)CC. The lowest BCUT2D eigenvalue weighted by atomic mass is 9.54. The van der Waals surface area contributed by atoms with Gasteiger partial charge in [0.2, 0.25) is 0 Å². The number of aryl methyl sites for hydroxylation is 1. The summed E-state index contributed by atoms with van der Waals surface area (Å²) in [5, 5.41) is 0. The van der Waals surface area contributed by atoms with Crippen molar-refractivity contribution in [3.8, 4) is 0 Å². The van der Waals surface area contributed by atoms with E-state index in [1.807, 2.05) is 6.20 Å². The lowest BCUT2D eigenvalue weighted by molar-refractivity contribution is 0.120. The van der Waals surface area contributed by atoms with E-state index in [-0.39, 0.29) is 17.0 Å². The summed E-state index contributed by atoms with van der Waals surface area (Å²) in [7, 11) is 0. The van der Waals surface area contributed by atoms with Crippen LogP contribution in [-0.2, 0) is 11.8 Å². The van der Waals surface area contributed by atoms with E-state index in [0.717, 1.165) is 42.3 Å². The summed E-state index contributed by atoms with van der Waals surface area (Å²) in [5.74, 6) is 1.89. The molecule has 3 atom stereocenters. The second-order valence-corrected chi connectivity index (χ2v) is 9.13. The van der Waals surface area contributed by atoms with Gasteiger partial charge in [0.15, 0.2) is 11.6 Å². The van der Waals surface area contributed by atoms with Crippen molar-refractivity contribution in [3.05, 3.63) is 84.7 Å². The molecule has 0 spiro atoms. The van der Waals surface area contributed by atoms with Crippen molar-refractivity contribution < 1.29 is 0 Å². The first kappa shape index (κ1) is 20.7. The summed E-state index contributed by atoms with van der Waals surface area (Å²) in [6.45, 7) is 13.6. The van der Waals surface area contributed by atoms with Gasteiger partial charge in [-0.1, -0.05) is 70.2 Å². The Morgan fingerprint density at radius 2 is 1.66 bits per heavy atom. The van der Waals surface area contributed by atoms with Gasteiger partial charge in [0.1, 0.15) is 6.17 Å². The Kier molecular flexibility index (Phi) is 4.85. The summed E-state index contributed by atoms with van der Waals surface area (Å²) >= 11 is 0. The summed E-state index contributed by atoms with van der Waals surface area (Å²) in [5.41, 5.74) is 4.43. The Hall–Kier alpha value is -3.14. The van der Waals surface area contributed by atoms with Crippen molar-refractivity contribution in [1.29, 1.82) is 0 Å². The Labute approximate surface area is 191 Å². The Bertz CT molecular complexity index is 1160. The third-order valence-corrected chi connectivity index (χ3v) is 8.00. The largest absolute Gasteiger partial charge is 0.301 e. The van der Waals surface area contributed by atoms with Crippen LogP contribution in [0.2, 0.25) is 0 Å². The first-order chi connectivity index (χ1) is 15.6. The smallest absolute Gasteiger partial charge is 0.178 e. The predicted molar refractivity (Wildman–Crippen MR) is 133 cm³/mol. The predicted octanol–water partition coefficient (Wildman–Crippen LogP) is 6.92. The number of para-hydroxylation sites is 2.